The van der Waals surface area contributed by atoms with E-state index < -0.39 is 45.9 Å². The number of allylic oxidation sites excluding steroid dienone is 1. The van der Waals surface area contributed by atoms with E-state index in [9.17, 15) is 24.6 Å². The number of methoxy groups -OCH3 is 1. The molecule has 0 amide bonds. The molecular weight excluding hydrogens is 300 g/mol. The summed E-state index contributed by atoms with van der Waals surface area (Å²) in [6.07, 6.45) is -0.0319. The fourth-order valence-corrected chi connectivity index (χ4v) is 5.11. The van der Waals surface area contributed by atoms with Crippen molar-refractivity contribution in [2.45, 2.75) is 45.3 Å². The molecule has 0 spiro atoms. The van der Waals surface area contributed by atoms with Crippen LogP contribution in [0.2, 0.25) is 0 Å². The Labute approximate surface area is 134 Å². The van der Waals surface area contributed by atoms with Crippen molar-refractivity contribution in [2.75, 3.05) is 7.11 Å². The first-order valence-electron chi connectivity index (χ1n) is 7.76. The van der Waals surface area contributed by atoms with E-state index >= 15 is 0 Å². The second-order valence-electron chi connectivity index (χ2n) is 7.59. The standard InChI is InChI=1S/C17H22O6/c1-7-12(23-5)11-10(17(4,22)13(7)19)8-6-9(18)15(11,2)14(20)16(8,3)21/h8,10-11,21-22H,6H2,1-5H3. The van der Waals surface area contributed by atoms with Gasteiger partial charge in [-0.05, 0) is 27.7 Å². The summed E-state index contributed by atoms with van der Waals surface area (Å²) in [7, 11) is 1.39. The van der Waals surface area contributed by atoms with Gasteiger partial charge < -0.3 is 14.9 Å². The van der Waals surface area contributed by atoms with Crippen molar-refractivity contribution in [3.63, 3.8) is 0 Å². The van der Waals surface area contributed by atoms with Gasteiger partial charge in [-0.15, -0.1) is 0 Å². The second-order valence-corrected chi connectivity index (χ2v) is 7.59. The van der Waals surface area contributed by atoms with E-state index in [0.29, 0.717) is 0 Å². The molecule has 2 bridgehead atoms. The second kappa shape index (κ2) is 4.30. The Kier molecular flexibility index (Phi) is 3.05. The molecule has 0 aromatic rings. The van der Waals surface area contributed by atoms with Gasteiger partial charge in [0.25, 0.3) is 0 Å². The first-order chi connectivity index (χ1) is 10.4. The number of ketones is 3. The highest BCUT2D eigenvalue weighted by molar-refractivity contribution is 6.15. The van der Waals surface area contributed by atoms with Gasteiger partial charge in [-0.2, -0.15) is 0 Å². The van der Waals surface area contributed by atoms with Crippen molar-refractivity contribution in [3.8, 4) is 0 Å². The maximum Gasteiger partial charge on any atom is 0.193 e. The maximum absolute atomic E-state index is 12.8. The van der Waals surface area contributed by atoms with Crippen molar-refractivity contribution in [1.82, 2.24) is 0 Å². The molecule has 0 aromatic carbocycles. The Morgan fingerprint density at radius 1 is 1.09 bits per heavy atom. The lowest BCUT2D eigenvalue weighted by atomic mass is 9.41. The van der Waals surface area contributed by atoms with Crippen LogP contribution < -0.4 is 0 Å². The van der Waals surface area contributed by atoms with Crippen LogP contribution >= 0.6 is 0 Å². The molecule has 4 aliphatic rings. The number of hydrogen-bond donors (Lipinski definition) is 2. The van der Waals surface area contributed by atoms with Gasteiger partial charge in [-0.1, -0.05) is 0 Å². The predicted octanol–water partition coefficient (Wildman–Crippen LogP) is 0.402. The summed E-state index contributed by atoms with van der Waals surface area (Å²) in [6, 6.07) is 0. The third kappa shape index (κ3) is 1.58. The fourth-order valence-electron chi connectivity index (χ4n) is 5.11. The summed E-state index contributed by atoms with van der Waals surface area (Å²) >= 11 is 0. The highest BCUT2D eigenvalue weighted by Gasteiger charge is 2.74. The summed E-state index contributed by atoms with van der Waals surface area (Å²) in [6.45, 7) is 5.80. The normalized spacial score (nSPS) is 49.5. The van der Waals surface area contributed by atoms with E-state index in [1.807, 2.05) is 0 Å². The predicted molar refractivity (Wildman–Crippen MR) is 79.2 cm³/mol. The topological polar surface area (TPSA) is 101 Å². The summed E-state index contributed by atoms with van der Waals surface area (Å²) < 4.78 is 5.38. The number of rotatable bonds is 1. The van der Waals surface area contributed by atoms with Crippen LogP contribution in [-0.4, -0.2) is 45.9 Å². The lowest BCUT2D eigenvalue weighted by molar-refractivity contribution is -0.212. The van der Waals surface area contributed by atoms with Crippen LogP contribution in [0, 0.1) is 23.2 Å². The molecule has 126 valence electrons. The molecule has 4 rings (SSSR count). The van der Waals surface area contributed by atoms with Crippen molar-refractivity contribution in [2.24, 2.45) is 23.2 Å². The number of carbonyl (C=O) groups excluding carboxylic acids is 3. The maximum atomic E-state index is 12.8. The van der Waals surface area contributed by atoms with Gasteiger partial charge >= 0.3 is 0 Å². The molecule has 0 saturated heterocycles. The molecule has 3 saturated carbocycles. The van der Waals surface area contributed by atoms with Crippen molar-refractivity contribution >= 4 is 17.3 Å². The van der Waals surface area contributed by atoms with Gasteiger partial charge in [0.1, 0.15) is 22.7 Å². The number of aliphatic hydroxyl groups is 2. The van der Waals surface area contributed by atoms with Crippen LogP contribution in [-0.2, 0) is 19.1 Å². The molecule has 23 heavy (non-hydrogen) atoms. The van der Waals surface area contributed by atoms with Gasteiger partial charge in [-0.25, -0.2) is 0 Å². The van der Waals surface area contributed by atoms with E-state index in [-0.39, 0.29) is 23.5 Å². The molecule has 0 radical (unpaired) electrons. The zero-order chi connectivity index (χ0) is 17.5. The fraction of sp³-hybridized carbons (Fsp3) is 0.706. The number of ether oxygens (including phenoxy) is 1. The van der Waals surface area contributed by atoms with Crippen molar-refractivity contribution in [3.05, 3.63) is 11.3 Å². The van der Waals surface area contributed by atoms with Gasteiger partial charge in [0.05, 0.1) is 12.5 Å². The van der Waals surface area contributed by atoms with Gasteiger partial charge in [0.2, 0.25) is 0 Å². The smallest absolute Gasteiger partial charge is 0.193 e. The lowest BCUT2D eigenvalue weighted by Gasteiger charge is -2.62. The summed E-state index contributed by atoms with van der Waals surface area (Å²) in [4.78, 5) is 38.0. The molecular formula is C17H22O6. The summed E-state index contributed by atoms with van der Waals surface area (Å²) in [5.74, 6) is -3.33. The first-order valence-corrected chi connectivity index (χ1v) is 7.76. The van der Waals surface area contributed by atoms with Crippen LogP contribution in [0.5, 0.6) is 0 Å². The molecule has 0 heterocycles. The Balaban J connectivity index is 2.35. The molecule has 6 heteroatoms. The minimum Gasteiger partial charge on any atom is -0.500 e. The zero-order valence-corrected chi connectivity index (χ0v) is 14.0. The van der Waals surface area contributed by atoms with E-state index in [4.69, 9.17) is 4.74 Å². The third-order valence-corrected chi connectivity index (χ3v) is 6.37. The van der Waals surface area contributed by atoms with Crippen LogP contribution in [0.1, 0.15) is 34.1 Å². The first kappa shape index (κ1) is 16.3. The molecule has 6 atom stereocenters. The molecule has 0 aromatic heterocycles. The quantitative estimate of drug-likeness (QED) is 0.678. The lowest BCUT2D eigenvalue weighted by Crippen LogP contribution is -2.75. The Morgan fingerprint density at radius 2 is 1.65 bits per heavy atom. The molecule has 3 fully saturated rings. The SMILES string of the molecule is COC1=C(C)C(=O)C(C)(O)C2C3CC(=O)C(C)(C(=O)C3(C)O)C12. The van der Waals surface area contributed by atoms with Crippen molar-refractivity contribution in [1.29, 1.82) is 0 Å². The highest BCUT2D eigenvalue weighted by Crippen LogP contribution is 2.63. The third-order valence-electron chi connectivity index (χ3n) is 6.37. The molecule has 2 N–H and O–H groups in total. The van der Waals surface area contributed by atoms with Gasteiger partial charge in [0.15, 0.2) is 11.6 Å². The Morgan fingerprint density at radius 3 is 2.17 bits per heavy atom. The minimum absolute atomic E-state index is 0.0319. The molecule has 4 aliphatic carbocycles. The van der Waals surface area contributed by atoms with Crippen LogP contribution in [0.25, 0.3) is 0 Å². The molecule has 6 nitrogen and oxygen atoms in total. The largest absolute Gasteiger partial charge is 0.500 e. The Bertz CT molecular complexity index is 671. The van der Waals surface area contributed by atoms with Crippen LogP contribution in [0.3, 0.4) is 0 Å². The average molecular weight is 322 g/mol. The number of fused-ring (bicyclic) bond motifs is 2. The number of Topliss-reactive ketones (excluding diaryl/α,β-unsaturated/α-hetero) is 3. The average Bonchev–Trinajstić information content (AvgIpc) is 2.46. The monoisotopic (exact) mass is 322 g/mol. The van der Waals surface area contributed by atoms with Gasteiger partial charge in [-0.3, -0.25) is 14.4 Å². The van der Waals surface area contributed by atoms with Crippen LogP contribution in [0.15, 0.2) is 11.3 Å². The van der Waals surface area contributed by atoms with E-state index in [0.717, 1.165) is 0 Å². The van der Waals surface area contributed by atoms with Crippen molar-refractivity contribution < 1.29 is 29.3 Å². The minimum atomic E-state index is -1.76. The highest BCUT2D eigenvalue weighted by atomic mass is 16.5. The Hall–Kier alpha value is -1.53. The van der Waals surface area contributed by atoms with E-state index in [1.54, 1.807) is 0 Å². The van der Waals surface area contributed by atoms with Crippen LogP contribution in [0.4, 0.5) is 0 Å². The van der Waals surface area contributed by atoms with E-state index in [2.05, 4.69) is 0 Å². The van der Waals surface area contributed by atoms with Gasteiger partial charge in [0, 0.05) is 29.7 Å². The number of carbonyl (C=O) groups is 3. The zero-order valence-electron chi connectivity index (χ0n) is 14.0. The molecule has 6 unspecified atom stereocenters. The summed E-state index contributed by atoms with van der Waals surface area (Å²) in [5, 5.41) is 21.6. The molecule has 0 aliphatic heterocycles. The van der Waals surface area contributed by atoms with E-state index in [1.165, 1.54) is 34.8 Å². The summed E-state index contributed by atoms with van der Waals surface area (Å²) in [5.41, 5.74) is -4.78. The number of hydrogen-bond acceptors (Lipinski definition) is 6.